The fourth-order valence-electron chi connectivity index (χ4n) is 1.56. The van der Waals surface area contributed by atoms with Gasteiger partial charge in [-0.3, -0.25) is 4.79 Å². The molecule has 1 aliphatic carbocycles. The first kappa shape index (κ1) is 13.5. The Morgan fingerprint density at radius 1 is 1.56 bits per heavy atom. The molecule has 98 valence electrons. The van der Waals surface area contributed by atoms with Gasteiger partial charge in [-0.25, -0.2) is 4.98 Å². The molecule has 0 N–H and O–H groups in total. The molecule has 18 heavy (non-hydrogen) atoms. The molecule has 2 rings (SSSR count). The smallest absolute Gasteiger partial charge is 0.272 e. The van der Waals surface area contributed by atoms with Gasteiger partial charge in [0.1, 0.15) is 10.3 Å². The first-order chi connectivity index (χ1) is 8.66. The lowest BCUT2D eigenvalue weighted by molar-refractivity contribution is 0.0676. The Labute approximate surface area is 115 Å². The van der Waals surface area contributed by atoms with E-state index in [2.05, 4.69) is 20.9 Å². The average Bonchev–Trinajstić information content (AvgIpc) is 3.17. The van der Waals surface area contributed by atoms with E-state index < -0.39 is 0 Å². The van der Waals surface area contributed by atoms with Gasteiger partial charge in [-0.1, -0.05) is 6.07 Å². The number of hydrogen-bond acceptors (Lipinski definition) is 3. The lowest BCUT2D eigenvalue weighted by Gasteiger charge is -2.16. The molecule has 1 fully saturated rings. The highest BCUT2D eigenvalue weighted by atomic mass is 79.9. The van der Waals surface area contributed by atoms with Gasteiger partial charge in [0.05, 0.1) is 6.61 Å². The third kappa shape index (κ3) is 4.07. The Kier molecular flexibility index (Phi) is 4.72. The molecule has 5 heteroatoms. The Bertz CT molecular complexity index is 421. The summed E-state index contributed by atoms with van der Waals surface area (Å²) in [5.74, 6) is 0.684. The zero-order valence-electron chi connectivity index (χ0n) is 10.4. The van der Waals surface area contributed by atoms with Crippen molar-refractivity contribution in [3.05, 3.63) is 28.5 Å². The van der Waals surface area contributed by atoms with E-state index in [1.54, 1.807) is 24.1 Å². The highest BCUT2D eigenvalue weighted by molar-refractivity contribution is 9.10. The average molecular weight is 313 g/mol. The Morgan fingerprint density at radius 3 is 3.00 bits per heavy atom. The summed E-state index contributed by atoms with van der Waals surface area (Å²) >= 11 is 3.26. The maximum atomic E-state index is 12.0. The summed E-state index contributed by atoms with van der Waals surface area (Å²) in [6.07, 6.45) is 2.58. The highest BCUT2D eigenvalue weighted by Crippen LogP contribution is 2.28. The monoisotopic (exact) mass is 312 g/mol. The van der Waals surface area contributed by atoms with Gasteiger partial charge >= 0.3 is 0 Å². The van der Waals surface area contributed by atoms with Gasteiger partial charge in [-0.15, -0.1) is 0 Å². The van der Waals surface area contributed by atoms with E-state index in [0.717, 1.165) is 12.5 Å². The number of carbonyl (C=O) groups is 1. The summed E-state index contributed by atoms with van der Waals surface area (Å²) < 4.78 is 6.19. The molecule has 4 nitrogen and oxygen atoms in total. The predicted octanol–water partition coefficient (Wildman–Crippen LogP) is 2.34. The molecule has 0 atom stereocenters. The zero-order valence-corrected chi connectivity index (χ0v) is 12.0. The van der Waals surface area contributed by atoms with Crippen molar-refractivity contribution >= 4 is 21.8 Å². The zero-order chi connectivity index (χ0) is 13.0. The van der Waals surface area contributed by atoms with Crippen molar-refractivity contribution in [2.75, 3.05) is 26.8 Å². The molecule has 1 aromatic rings. The van der Waals surface area contributed by atoms with E-state index in [0.29, 0.717) is 23.4 Å². The number of pyridine rings is 1. The summed E-state index contributed by atoms with van der Waals surface area (Å²) in [6, 6.07) is 5.33. The number of ether oxygens (including phenoxy) is 1. The highest BCUT2D eigenvalue weighted by Gasteiger charge is 2.21. The summed E-state index contributed by atoms with van der Waals surface area (Å²) in [5, 5.41) is 0. The first-order valence-corrected chi connectivity index (χ1v) is 6.92. The number of nitrogens with zero attached hydrogens (tertiary/aromatic N) is 2. The van der Waals surface area contributed by atoms with Crippen molar-refractivity contribution in [1.29, 1.82) is 0 Å². The second-order valence-electron chi connectivity index (χ2n) is 4.59. The normalized spacial score (nSPS) is 14.6. The van der Waals surface area contributed by atoms with Crippen LogP contribution in [0.4, 0.5) is 0 Å². The van der Waals surface area contributed by atoms with Crippen LogP contribution in [0.3, 0.4) is 0 Å². The van der Waals surface area contributed by atoms with Gasteiger partial charge in [0.15, 0.2) is 0 Å². The van der Waals surface area contributed by atoms with Crippen molar-refractivity contribution in [3.8, 4) is 0 Å². The molecule has 0 spiro atoms. The molecule has 1 saturated carbocycles. The van der Waals surface area contributed by atoms with E-state index in [9.17, 15) is 4.79 Å². The Morgan fingerprint density at radius 2 is 2.33 bits per heavy atom. The van der Waals surface area contributed by atoms with E-state index >= 15 is 0 Å². The maximum Gasteiger partial charge on any atom is 0.272 e. The lowest BCUT2D eigenvalue weighted by Crippen LogP contribution is -2.31. The van der Waals surface area contributed by atoms with E-state index in [-0.39, 0.29) is 5.91 Å². The molecule has 1 aromatic heterocycles. The van der Waals surface area contributed by atoms with Crippen LogP contribution in [0.1, 0.15) is 23.3 Å². The molecule has 0 aliphatic heterocycles. The van der Waals surface area contributed by atoms with Crippen LogP contribution in [0.15, 0.2) is 22.8 Å². The van der Waals surface area contributed by atoms with Crippen molar-refractivity contribution in [2.45, 2.75) is 12.8 Å². The third-order valence-electron chi connectivity index (χ3n) is 2.90. The fourth-order valence-corrected chi connectivity index (χ4v) is 1.90. The number of amides is 1. The van der Waals surface area contributed by atoms with Crippen LogP contribution in [-0.2, 0) is 4.74 Å². The second-order valence-corrected chi connectivity index (χ2v) is 5.40. The summed E-state index contributed by atoms with van der Waals surface area (Å²) in [7, 11) is 1.77. The van der Waals surface area contributed by atoms with Gasteiger partial charge in [0.2, 0.25) is 0 Å². The first-order valence-electron chi connectivity index (χ1n) is 6.12. The van der Waals surface area contributed by atoms with Gasteiger partial charge in [0.25, 0.3) is 5.91 Å². The van der Waals surface area contributed by atoms with Crippen LogP contribution in [0, 0.1) is 5.92 Å². The molecule has 0 unspecified atom stereocenters. The standard InChI is InChI=1S/C13H17BrN2O2/c1-16(7-8-18-9-10-5-6-10)13(17)11-3-2-4-12(14)15-11/h2-4,10H,5-9H2,1H3. The minimum absolute atomic E-state index is 0.0775. The van der Waals surface area contributed by atoms with Crippen molar-refractivity contribution < 1.29 is 9.53 Å². The summed E-state index contributed by atoms with van der Waals surface area (Å²) in [4.78, 5) is 17.8. The molecule has 0 bridgehead atoms. The minimum atomic E-state index is -0.0775. The Hall–Kier alpha value is -0.940. The summed E-state index contributed by atoms with van der Waals surface area (Å²) in [6.45, 7) is 2.02. The van der Waals surface area contributed by atoms with Gasteiger partial charge in [-0.2, -0.15) is 0 Å². The molecule has 0 saturated heterocycles. The molecular formula is C13H17BrN2O2. The molecule has 1 aliphatic rings. The van der Waals surface area contributed by atoms with Crippen molar-refractivity contribution in [2.24, 2.45) is 5.92 Å². The molecule has 0 radical (unpaired) electrons. The SMILES string of the molecule is CN(CCOCC1CC1)C(=O)c1cccc(Br)n1. The van der Waals surface area contributed by atoms with Crippen LogP contribution in [0.25, 0.3) is 0 Å². The van der Waals surface area contributed by atoms with E-state index in [4.69, 9.17) is 4.74 Å². The summed E-state index contributed by atoms with van der Waals surface area (Å²) in [5.41, 5.74) is 0.453. The van der Waals surface area contributed by atoms with Crippen molar-refractivity contribution in [3.63, 3.8) is 0 Å². The van der Waals surface area contributed by atoms with Gasteiger partial charge < -0.3 is 9.64 Å². The number of hydrogen-bond donors (Lipinski definition) is 0. The number of likely N-dealkylation sites (N-methyl/N-ethyl adjacent to an activating group) is 1. The topological polar surface area (TPSA) is 42.4 Å². The van der Waals surface area contributed by atoms with Gasteiger partial charge in [0, 0.05) is 20.2 Å². The molecule has 1 heterocycles. The number of aromatic nitrogens is 1. The van der Waals surface area contributed by atoms with E-state index in [1.165, 1.54) is 12.8 Å². The predicted molar refractivity (Wildman–Crippen MR) is 72.4 cm³/mol. The van der Waals surface area contributed by atoms with Crippen molar-refractivity contribution in [1.82, 2.24) is 9.88 Å². The molecule has 0 aromatic carbocycles. The third-order valence-corrected chi connectivity index (χ3v) is 3.34. The van der Waals surface area contributed by atoms with Gasteiger partial charge in [-0.05, 0) is 46.8 Å². The van der Waals surface area contributed by atoms with Crippen LogP contribution < -0.4 is 0 Å². The minimum Gasteiger partial charge on any atom is -0.379 e. The second kappa shape index (κ2) is 6.29. The lowest BCUT2D eigenvalue weighted by atomic mass is 10.3. The Balaban J connectivity index is 1.76. The molecule has 1 amide bonds. The largest absolute Gasteiger partial charge is 0.379 e. The molecular weight excluding hydrogens is 296 g/mol. The van der Waals surface area contributed by atoms with Crippen LogP contribution >= 0.6 is 15.9 Å². The van der Waals surface area contributed by atoms with Crippen LogP contribution in [-0.4, -0.2) is 42.6 Å². The quantitative estimate of drug-likeness (QED) is 0.598. The number of rotatable bonds is 6. The van der Waals surface area contributed by atoms with Crippen LogP contribution in [0.5, 0.6) is 0 Å². The maximum absolute atomic E-state index is 12.0. The fraction of sp³-hybridized carbons (Fsp3) is 0.538. The number of halogens is 1. The van der Waals surface area contributed by atoms with E-state index in [1.807, 2.05) is 6.07 Å². The number of carbonyl (C=O) groups excluding carboxylic acids is 1. The van der Waals surface area contributed by atoms with Crippen LogP contribution in [0.2, 0.25) is 0 Å².